The molecule has 0 aliphatic carbocycles. The average Bonchev–Trinajstić information content (AvgIpc) is 2.65. The van der Waals surface area contributed by atoms with E-state index in [9.17, 15) is 4.79 Å². The van der Waals surface area contributed by atoms with Gasteiger partial charge in [-0.3, -0.25) is 4.79 Å². The molecule has 0 saturated carbocycles. The standard InChI is InChI=1S/C24H26N2O2/c1-17-11-13-18(14-12-17)16-22(27)26-20-9-7-15-25-23(20)28-21-10-6-5-8-19(21)24(2,3)4/h5-15H,16H2,1-4H3,(H,26,27). The quantitative estimate of drug-likeness (QED) is 0.627. The molecular weight excluding hydrogens is 348 g/mol. The lowest BCUT2D eigenvalue weighted by Gasteiger charge is -2.22. The van der Waals surface area contributed by atoms with E-state index >= 15 is 0 Å². The van der Waals surface area contributed by atoms with Crippen molar-refractivity contribution in [3.63, 3.8) is 0 Å². The number of carbonyl (C=O) groups is 1. The van der Waals surface area contributed by atoms with E-state index in [1.807, 2.05) is 55.5 Å². The van der Waals surface area contributed by atoms with E-state index in [-0.39, 0.29) is 11.3 Å². The smallest absolute Gasteiger partial charge is 0.243 e. The van der Waals surface area contributed by atoms with Crippen LogP contribution >= 0.6 is 0 Å². The SMILES string of the molecule is Cc1ccc(CC(=O)Nc2cccnc2Oc2ccccc2C(C)(C)C)cc1. The van der Waals surface area contributed by atoms with Gasteiger partial charge in [-0.15, -0.1) is 0 Å². The van der Waals surface area contributed by atoms with Crippen LogP contribution in [0.3, 0.4) is 0 Å². The van der Waals surface area contributed by atoms with Crippen molar-refractivity contribution in [3.8, 4) is 11.6 Å². The van der Waals surface area contributed by atoms with E-state index in [1.165, 1.54) is 5.56 Å². The Morgan fingerprint density at radius 3 is 2.43 bits per heavy atom. The van der Waals surface area contributed by atoms with Gasteiger partial charge in [0.15, 0.2) is 0 Å². The lowest BCUT2D eigenvalue weighted by molar-refractivity contribution is -0.115. The van der Waals surface area contributed by atoms with Gasteiger partial charge < -0.3 is 10.1 Å². The number of aromatic nitrogens is 1. The number of hydrogen-bond donors (Lipinski definition) is 1. The fourth-order valence-electron chi connectivity index (χ4n) is 2.93. The highest BCUT2D eigenvalue weighted by atomic mass is 16.5. The number of pyridine rings is 1. The number of aryl methyl sites for hydroxylation is 1. The number of rotatable bonds is 5. The summed E-state index contributed by atoms with van der Waals surface area (Å²) in [7, 11) is 0. The van der Waals surface area contributed by atoms with Crippen LogP contribution in [-0.2, 0) is 16.6 Å². The highest BCUT2D eigenvalue weighted by molar-refractivity contribution is 5.93. The molecule has 3 rings (SSSR count). The molecule has 0 aliphatic heterocycles. The highest BCUT2D eigenvalue weighted by Gasteiger charge is 2.20. The minimum Gasteiger partial charge on any atom is -0.437 e. The molecular formula is C24H26N2O2. The number of carbonyl (C=O) groups excluding carboxylic acids is 1. The molecule has 1 N–H and O–H groups in total. The predicted octanol–water partition coefficient (Wildman–Crippen LogP) is 5.66. The lowest BCUT2D eigenvalue weighted by atomic mass is 9.86. The van der Waals surface area contributed by atoms with Gasteiger partial charge in [-0.25, -0.2) is 4.98 Å². The normalized spacial score (nSPS) is 11.1. The number of nitrogens with one attached hydrogen (secondary N) is 1. The van der Waals surface area contributed by atoms with Crippen LogP contribution in [0, 0.1) is 6.92 Å². The first-order chi connectivity index (χ1) is 13.3. The molecule has 0 unspecified atom stereocenters. The Labute approximate surface area is 166 Å². The molecule has 0 spiro atoms. The average molecular weight is 374 g/mol. The second kappa shape index (κ2) is 8.26. The molecule has 28 heavy (non-hydrogen) atoms. The van der Waals surface area contributed by atoms with Gasteiger partial charge in [0.05, 0.1) is 6.42 Å². The summed E-state index contributed by atoms with van der Waals surface area (Å²) in [5.74, 6) is 1.02. The van der Waals surface area contributed by atoms with E-state index in [0.717, 1.165) is 16.9 Å². The van der Waals surface area contributed by atoms with Crippen LogP contribution in [0.2, 0.25) is 0 Å². The molecule has 0 aliphatic rings. The second-order valence-corrected chi connectivity index (χ2v) is 7.91. The van der Waals surface area contributed by atoms with E-state index in [4.69, 9.17) is 4.74 Å². The third-order valence-electron chi connectivity index (χ3n) is 4.43. The second-order valence-electron chi connectivity index (χ2n) is 7.91. The Kier molecular flexibility index (Phi) is 5.78. The molecule has 2 aromatic carbocycles. The Morgan fingerprint density at radius 1 is 1.00 bits per heavy atom. The summed E-state index contributed by atoms with van der Waals surface area (Å²) < 4.78 is 6.11. The van der Waals surface area contributed by atoms with Crippen LogP contribution in [0.25, 0.3) is 0 Å². The molecule has 1 heterocycles. The monoisotopic (exact) mass is 374 g/mol. The first kappa shape index (κ1) is 19.6. The summed E-state index contributed by atoms with van der Waals surface area (Å²) >= 11 is 0. The van der Waals surface area contributed by atoms with Crippen LogP contribution in [0.15, 0.2) is 66.9 Å². The molecule has 0 radical (unpaired) electrons. The van der Waals surface area contributed by atoms with Crippen molar-refractivity contribution >= 4 is 11.6 Å². The number of hydrogen-bond acceptors (Lipinski definition) is 3. The summed E-state index contributed by atoms with van der Waals surface area (Å²) in [6, 6.07) is 19.4. The van der Waals surface area contributed by atoms with Crippen molar-refractivity contribution in [3.05, 3.63) is 83.6 Å². The Hall–Kier alpha value is -3.14. The summed E-state index contributed by atoms with van der Waals surface area (Å²) in [5, 5.41) is 2.93. The lowest BCUT2D eigenvalue weighted by Crippen LogP contribution is -2.16. The van der Waals surface area contributed by atoms with Crippen molar-refractivity contribution in [2.45, 2.75) is 39.5 Å². The topological polar surface area (TPSA) is 51.2 Å². The Bertz CT molecular complexity index is 957. The molecule has 4 nitrogen and oxygen atoms in total. The first-order valence-electron chi connectivity index (χ1n) is 9.41. The van der Waals surface area contributed by atoms with Crippen molar-refractivity contribution in [2.24, 2.45) is 0 Å². The summed E-state index contributed by atoms with van der Waals surface area (Å²) in [4.78, 5) is 16.8. The van der Waals surface area contributed by atoms with Gasteiger partial charge >= 0.3 is 0 Å². The van der Waals surface area contributed by atoms with Crippen molar-refractivity contribution in [1.29, 1.82) is 0 Å². The van der Waals surface area contributed by atoms with E-state index in [2.05, 4.69) is 31.1 Å². The third kappa shape index (κ3) is 4.97. The van der Waals surface area contributed by atoms with Gasteiger partial charge in [-0.05, 0) is 36.1 Å². The fourth-order valence-corrected chi connectivity index (χ4v) is 2.93. The molecule has 1 amide bonds. The number of benzene rings is 2. The predicted molar refractivity (Wildman–Crippen MR) is 113 cm³/mol. The van der Waals surface area contributed by atoms with E-state index < -0.39 is 0 Å². The molecule has 0 fully saturated rings. The number of para-hydroxylation sites is 1. The molecule has 0 bridgehead atoms. The van der Waals surface area contributed by atoms with Crippen molar-refractivity contribution < 1.29 is 9.53 Å². The van der Waals surface area contributed by atoms with Crippen LogP contribution in [0.1, 0.15) is 37.5 Å². The van der Waals surface area contributed by atoms with E-state index in [0.29, 0.717) is 18.0 Å². The van der Waals surface area contributed by atoms with Gasteiger partial charge in [0.25, 0.3) is 0 Å². The molecule has 4 heteroatoms. The van der Waals surface area contributed by atoms with E-state index in [1.54, 1.807) is 18.3 Å². The van der Waals surface area contributed by atoms with Crippen LogP contribution < -0.4 is 10.1 Å². The number of amides is 1. The molecule has 0 saturated heterocycles. The number of ether oxygens (including phenoxy) is 1. The first-order valence-corrected chi connectivity index (χ1v) is 9.41. The maximum absolute atomic E-state index is 12.5. The highest BCUT2D eigenvalue weighted by Crippen LogP contribution is 2.35. The Balaban J connectivity index is 1.79. The van der Waals surface area contributed by atoms with Gasteiger partial charge in [0, 0.05) is 11.8 Å². The summed E-state index contributed by atoms with van der Waals surface area (Å²) in [6.45, 7) is 8.44. The molecule has 0 atom stereocenters. The maximum atomic E-state index is 12.5. The minimum atomic E-state index is -0.106. The number of anilines is 1. The molecule has 3 aromatic rings. The van der Waals surface area contributed by atoms with Crippen LogP contribution in [0.5, 0.6) is 11.6 Å². The fraction of sp³-hybridized carbons (Fsp3) is 0.250. The van der Waals surface area contributed by atoms with Gasteiger partial charge in [-0.1, -0.05) is 68.8 Å². The van der Waals surface area contributed by atoms with Crippen molar-refractivity contribution in [1.82, 2.24) is 4.98 Å². The summed E-state index contributed by atoms with van der Waals surface area (Å²) in [5.41, 5.74) is 3.71. The minimum absolute atomic E-state index is 0.0692. The van der Waals surface area contributed by atoms with Crippen LogP contribution in [0.4, 0.5) is 5.69 Å². The molecule has 144 valence electrons. The largest absolute Gasteiger partial charge is 0.437 e. The van der Waals surface area contributed by atoms with Gasteiger partial charge in [0.1, 0.15) is 11.4 Å². The van der Waals surface area contributed by atoms with Gasteiger partial charge in [-0.2, -0.15) is 0 Å². The third-order valence-corrected chi connectivity index (χ3v) is 4.43. The zero-order chi connectivity index (χ0) is 20.1. The maximum Gasteiger partial charge on any atom is 0.243 e. The van der Waals surface area contributed by atoms with Gasteiger partial charge in [0.2, 0.25) is 11.8 Å². The molecule has 1 aromatic heterocycles. The van der Waals surface area contributed by atoms with Crippen molar-refractivity contribution in [2.75, 3.05) is 5.32 Å². The summed E-state index contributed by atoms with van der Waals surface area (Å²) in [6.07, 6.45) is 1.96. The Morgan fingerprint density at radius 2 is 1.71 bits per heavy atom. The zero-order valence-electron chi connectivity index (χ0n) is 16.8. The number of nitrogens with zero attached hydrogens (tertiary/aromatic N) is 1. The van der Waals surface area contributed by atoms with Crippen LogP contribution in [-0.4, -0.2) is 10.9 Å². The zero-order valence-corrected chi connectivity index (χ0v) is 16.8.